The SMILES string of the molecule is CNC(=O)c1ccc(NCC(C)N(C)C2CC2)c(N)c1. The third-order valence-electron chi connectivity index (χ3n) is 3.95. The maximum absolute atomic E-state index is 11.5. The van der Waals surface area contributed by atoms with Gasteiger partial charge in [-0.05, 0) is 45.0 Å². The molecule has 0 bridgehead atoms. The smallest absolute Gasteiger partial charge is 0.251 e. The third kappa shape index (κ3) is 3.42. The number of hydrogen-bond donors (Lipinski definition) is 3. The molecule has 20 heavy (non-hydrogen) atoms. The molecule has 0 aliphatic heterocycles. The molecule has 1 unspecified atom stereocenters. The molecule has 1 aliphatic carbocycles. The second-order valence-electron chi connectivity index (χ2n) is 5.51. The van der Waals surface area contributed by atoms with E-state index in [0.29, 0.717) is 17.3 Å². The van der Waals surface area contributed by atoms with Crippen molar-refractivity contribution in [2.45, 2.75) is 31.8 Å². The number of carbonyl (C=O) groups excluding carboxylic acids is 1. The minimum Gasteiger partial charge on any atom is -0.397 e. The lowest BCUT2D eigenvalue weighted by Gasteiger charge is -2.25. The van der Waals surface area contributed by atoms with Crippen molar-refractivity contribution in [3.05, 3.63) is 23.8 Å². The van der Waals surface area contributed by atoms with Crippen molar-refractivity contribution in [2.24, 2.45) is 0 Å². The van der Waals surface area contributed by atoms with E-state index in [1.165, 1.54) is 12.8 Å². The van der Waals surface area contributed by atoms with E-state index in [1.54, 1.807) is 19.2 Å². The van der Waals surface area contributed by atoms with Gasteiger partial charge in [0.2, 0.25) is 0 Å². The molecular formula is C15H24N4O. The van der Waals surface area contributed by atoms with E-state index in [-0.39, 0.29) is 5.91 Å². The van der Waals surface area contributed by atoms with Gasteiger partial charge in [-0.15, -0.1) is 0 Å². The second kappa shape index (κ2) is 6.13. The van der Waals surface area contributed by atoms with Crippen LogP contribution in [0.1, 0.15) is 30.1 Å². The normalized spacial score (nSPS) is 16.0. The zero-order valence-electron chi connectivity index (χ0n) is 12.4. The minimum absolute atomic E-state index is 0.120. The predicted octanol–water partition coefficient (Wildman–Crippen LogP) is 1.52. The van der Waals surface area contributed by atoms with E-state index in [9.17, 15) is 4.79 Å². The molecular weight excluding hydrogens is 252 g/mol. The first-order valence-electron chi connectivity index (χ1n) is 7.10. The van der Waals surface area contributed by atoms with E-state index in [1.807, 2.05) is 6.07 Å². The average Bonchev–Trinajstić information content (AvgIpc) is 3.28. The fourth-order valence-corrected chi connectivity index (χ4v) is 2.25. The van der Waals surface area contributed by atoms with Gasteiger partial charge in [-0.2, -0.15) is 0 Å². The van der Waals surface area contributed by atoms with Crippen LogP contribution < -0.4 is 16.4 Å². The summed E-state index contributed by atoms with van der Waals surface area (Å²) in [6.45, 7) is 3.05. The molecule has 1 fully saturated rings. The summed E-state index contributed by atoms with van der Waals surface area (Å²) in [7, 11) is 3.78. The van der Waals surface area contributed by atoms with Crippen LogP contribution in [0.2, 0.25) is 0 Å². The molecule has 0 saturated heterocycles. The number of benzene rings is 1. The Morgan fingerprint density at radius 2 is 2.20 bits per heavy atom. The first-order chi connectivity index (χ1) is 9.52. The van der Waals surface area contributed by atoms with Crippen molar-refractivity contribution in [1.82, 2.24) is 10.2 Å². The molecule has 5 nitrogen and oxygen atoms in total. The number of carbonyl (C=O) groups is 1. The molecule has 5 heteroatoms. The summed E-state index contributed by atoms with van der Waals surface area (Å²) in [6, 6.07) is 6.56. The van der Waals surface area contributed by atoms with E-state index in [0.717, 1.165) is 18.3 Å². The van der Waals surface area contributed by atoms with Gasteiger partial charge in [-0.3, -0.25) is 9.69 Å². The Morgan fingerprint density at radius 1 is 1.50 bits per heavy atom. The summed E-state index contributed by atoms with van der Waals surface area (Å²) in [4.78, 5) is 13.9. The lowest BCUT2D eigenvalue weighted by atomic mass is 10.1. The summed E-state index contributed by atoms with van der Waals surface area (Å²) >= 11 is 0. The highest BCUT2D eigenvalue weighted by Gasteiger charge is 2.28. The van der Waals surface area contributed by atoms with Crippen LogP contribution in [-0.2, 0) is 0 Å². The fourth-order valence-electron chi connectivity index (χ4n) is 2.25. The molecule has 0 heterocycles. The maximum atomic E-state index is 11.5. The number of likely N-dealkylation sites (N-methyl/N-ethyl adjacent to an activating group) is 1. The molecule has 4 N–H and O–H groups in total. The van der Waals surface area contributed by atoms with Gasteiger partial charge in [0, 0.05) is 31.2 Å². The third-order valence-corrected chi connectivity index (χ3v) is 3.95. The Kier molecular flexibility index (Phi) is 4.49. The highest BCUT2D eigenvalue weighted by molar-refractivity contribution is 5.95. The molecule has 1 atom stereocenters. The molecule has 1 amide bonds. The van der Waals surface area contributed by atoms with Gasteiger partial charge in [0.05, 0.1) is 11.4 Å². The average molecular weight is 276 g/mol. The quantitative estimate of drug-likeness (QED) is 0.689. The maximum Gasteiger partial charge on any atom is 0.251 e. The molecule has 1 aromatic carbocycles. The molecule has 0 aromatic heterocycles. The Hall–Kier alpha value is -1.75. The van der Waals surface area contributed by atoms with Crippen molar-refractivity contribution < 1.29 is 4.79 Å². The van der Waals surface area contributed by atoms with Gasteiger partial charge in [0.25, 0.3) is 5.91 Å². The van der Waals surface area contributed by atoms with Crippen LogP contribution in [0, 0.1) is 0 Å². The first kappa shape index (κ1) is 14.7. The van der Waals surface area contributed by atoms with Crippen molar-refractivity contribution in [2.75, 3.05) is 31.7 Å². The number of hydrogen-bond acceptors (Lipinski definition) is 4. The lowest BCUT2D eigenvalue weighted by molar-refractivity contribution is 0.0963. The number of anilines is 2. The molecule has 1 saturated carbocycles. The summed E-state index contributed by atoms with van der Waals surface area (Å²) < 4.78 is 0. The van der Waals surface area contributed by atoms with Crippen molar-refractivity contribution >= 4 is 17.3 Å². The summed E-state index contributed by atoms with van der Waals surface area (Å²) in [5, 5.41) is 5.95. The Balaban J connectivity index is 1.94. The van der Waals surface area contributed by atoms with Crippen molar-refractivity contribution in [3.8, 4) is 0 Å². The predicted molar refractivity (Wildman–Crippen MR) is 83.0 cm³/mol. The van der Waals surface area contributed by atoms with Crippen LogP contribution in [0.3, 0.4) is 0 Å². The van der Waals surface area contributed by atoms with Gasteiger partial charge >= 0.3 is 0 Å². The number of amides is 1. The van der Waals surface area contributed by atoms with Gasteiger partial charge in [-0.1, -0.05) is 0 Å². The molecule has 0 spiro atoms. The topological polar surface area (TPSA) is 70.4 Å². The molecule has 1 aliphatic rings. The highest BCUT2D eigenvalue weighted by Crippen LogP contribution is 2.27. The van der Waals surface area contributed by atoms with Crippen LogP contribution in [0.25, 0.3) is 0 Å². The van der Waals surface area contributed by atoms with E-state index >= 15 is 0 Å². The van der Waals surface area contributed by atoms with Crippen LogP contribution in [0.4, 0.5) is 11.4 Å². The van der Waals surface area contributed by atoms with Crippen molar-refractivity contribution in [1.29, 1.82) is 0 Å². The largest absolute Gasteiger partial charge is 0.397 e. The Labute approximate surface area is 120 Å². The van der Waals surface area contributed by atoms with Crippen LogP contribution in [-0.4, -0.2) is 43.5 Å². The Morgan fingerprint density at radius 3 is 2.75 bits per heavy atom. The van der Waals surface area contributed by atoms with Crippen LogP contribution in [0.15, 0.2) is 18.2 Å². The monoisotopic (exact) mass is 276 g/mol. The van der Waals surface area contributed by atoms with Gasteiger partial charge in [-0.25, -0.2) is 0 Å². The Bertz CT molecular complexity index is 485. The minimum atomic E-state index is -0.120. The molecule has 0 radical (unpaired) electrons. The van der Waals surface area contributed by atoms with Gasteiger partial charge in [0.15, 0.2) is 0 Å². The summed E-state index contributed by atoms with van der Waals surface area (Å²) in [5.74, 6) is -0.120. The first-order valence-corrected chi connectivity index (χ1v) is 7.10. The van der Waals surface area contributed by atoms with Crippen LogP contribution >= 0.6 is 0 Å². The summed E-state index contributed by atoms with van der Waals surface area (Å²) in [5.41, 5.74) is 8.06. The lowest BCUT2D eigenvalue weighted by Crippen LogP contribution is -2.36. The highest BCUT2D eigenvalue weighted by atomic mass is 16.1. The molecule has 110 valence electrons. The van der Waals surface area contributed by atoms with E-state index < -0.39 is 0 Å². The number of rotatable bonds is 6. The molecule has 1 aromatic rings. The fraction of sp³-hybridized carbons (Fsp3) is 0.533. The van der Waals surface area contributed by atoms with Crippen molar-refractivity contribution in [3.63, 3.8) is 0 Å². The van der Waals surface area contributed by atoms with E-state index in [4.69, 9.17) is 5.73 Å². The number of nitrogens with zero attached hydrogens (tertiary/aromatic N) is 1. The van der Waals surface area contributed by atoms with E-state index in [2.05, 4.69) is 29.5 Å². The number of nitrogens with two attached hydrogens (primary N) is 1. The summed E-state index contributed by atoms with van der Waals surface area (Å²) in [6.07, 6.45) is 2.62. The van der Waals surface area contributed by atoms with Crippen LogP contribution in [0.5, 0.6) is 0 Å². The standard InChI is InChI=1S/C15H24N4O/c1-10(19(3)12-5-6-12)9-18-14-7-4-11(8-13(14)16)15(20)17-2/h4,7-8,10,12,18H,5-6,9,16H2,1-3H3,(H,17,20). The van der Waals surface area contributed by atoms with Gasteiger partial charge < -0.3 is 16.4 Å². The van der Waals surface area contributed by atoms with Gasteiger partial charge in [0.1, 0.15) is 0 Å². The second-order valence-corrected chi connectivity index (χ2v) is 5.51. The number of nitrogens with one attached hydrogen (secondary N) is 2. The zero-order chi connectivity index (χ0) is 14.7. The number of nitrogen functional groups attached to an aromatic ring is 1. The zero-order valence-corrected chi connectivity index (χ0v) is 12.4. The molecule has 2 rings (SSSR count).